The van der Waals surface area contributed by atoms with E-state index in [0.29, 0.717) is 34.4 Å². The fourth-order valence-corrected chi connectivity index (χ4v) is 2.47. The van der Waals surface area contributed by atoms with Gasteiger partial charge in [-0.15, -0.1) is 10.2 Å². The minimum Gasteiger partial charge on any atom is -0.497 e. The second-order valence-corrected chi connectivity index (χ2v) is 5.68. The molecule has 0 aliphatic heterocycles. The fraction of sp³-hybridized carbons (Fsp3) is 0.150. The van der Waals surface area contributed by atoms with Crippen molar-refractivity contribution in [2.45, 2.75) is 0 Å². The van der Waals surface area contributed by atoms with Crippen LogP contribution in [0.25, 0.3) is 0 Å². The van der Waals surface area contributed by atoms with Gasteiger partial charge in [0.05, 0.1) is 27.0 Å². The minimum absolute atomic E-state index is 0.186. The van der Waals surface area contributed by atoms with E-state index in [1.807, 2.05) is 0 Å². The Morgan fingerprint density at radius 2 is 1.64 bits per heavy atom. The number of hydrogen-bond donors (Lipinski definition) is 2. The monoisotopic (exact) mass is 380 g/mol. The van der Waals surface area contributed by atoms with Gasteiger partial charge in [-0.1, -0.05) is 6.07 Å². The van der Waals surface area contributed by atoms with Crippen LogP contribution >= 0.6 is 0 Å². The first-order valence-electron chi connectivity index (χ1n) is 8.41. The highest BCUT2D eigenvalue weighted by molar-refractivity contribution is 6.02. The van der Waals surface area contributed by atoms with Crippen molar-refractivity contribution in [1.29, 1.82) is 0 Å². The number of carbonyl (C=O) groups is 1. The van der Waals surface area contributed by atoms with Crippen LogP contribution in [-0.2, 0) is 0 Å². The Morgan fingerprint density at radius 1 is 0.857 bits per heavy atom. The first-order valence-corrected chi connectivity index (χ1v) is 8.41. The highest BCUT2D eigenvalue weighted by atomic mass is 16.5. The molecule has 144 valence electrons. The molecule has 1 heterocycles. The predicted octanol–water partition coefficient (Wildman–Crippen LogP) is 3.50. The summed E-state index contributed by atoms with van der Waals surface area (Å²) in [4.78, 5) is 12.4. The van der Waals surface area contributed by atoms with E-state index < -0.39 is 0 Å². The number of hydrogen-bond acceptors (Lipinski definition) is 7. The van der Waals surface area contributed by atoms with Gasteiger partial charge in [-0.25, -0.2) is 0 Å². The molecule has 2 aromatic carbocycles. The van der Waals surface area contributed by atoms with Crippen LogP contribution in [0.2, 0.25) is 0 Å². The average Bonchev–Trinajstić information content (AvgIpc) is 2.74. The zero-order valence-corrected chi connectivity index (χ0v) is 15.7. The lowest BCUT2D eigenvalue weighted by atomic mass is 10.2. The third-order valence-corrected chi connectivity index (χ3v) is 3.89. The number of ether oxygens (including phenoxy) is 3. The molecular weight excluding hydrogens is 360 g/mol. The van der Waals surface area contributed by atoms with E-state index in [1.165, 1.54) is 0 Å². The van der Waals surface area contributed by atoms with Gasteiger partial charge in [0.2, 0.25) is 0 Å². The van der Waals surface area contributed by atoms with Crippen LogP contribution in [0.5, 0.6) is 17.2 Å². The van der Waals surface area contributed by atoms with Crippen molar-refractivity contribution in [2.24, 2.45) is 0 Å². The smallest absolute Gasteiger partial charge is 0.276 e. The molecule has 8 nitrogen and oxygen atoms in total. The van der Waals surface area contributed by atoms with Crippen molar-refractivity contribution in [3.63, 3.8) is 0 Å². The topological polar surface area (TPSA) is 94.6 Å². The zero-order valence-electron chi connectivity index (χ0n) is 15.7. The van der Waals surface area contributed by atoms with Gasteiger partial charge in [0.25, 0.3) is 5.91 Å². The summed E-state index contributed by atoms with van der Waals surface area (Å²) < 4.78 is 15.7. The molecule has 0 fully saturated rings. The third-order valence-electron chi connectivity index (χ3n) is 3.89. The molecule has 0 radical (unpaired) electrons. The van der Waals surface area contributed by atoms with E-state index in [9.17, 15) is 4.79 Å². The van der Waals surface area contributed by atoms with Crippen molar-refractivity contribution in [3.05, 3.63) is 60.3 Å². The van der Waals surface area contributed by atoms with Gasteiger partial charge in [0.1, 0.15) is 17.2 Å². The highest BCUT2D eigenvalue weighted by Gasteiger charge is 2.11. The van der Waals surface area contributed by atoms with Crippen molar-refractivity contribution in [2.75, 3.05) is 32.0 Å². The summed E-state index contributed by atoms with van der Waals surface area (Å²) in [5, 5.41) is 13.9. The molecule has 0 unspecified atom stereocenters. The van der Waals surface area contributed by atoms with Gasteiger partial charge in [-0.2, -0.15) is 0 Å². The minimum atomic E-state index is -0.369. The van der Waals surface area contributed by atoms with Crippen LogP contribution in [0.15, 0.2) is 54.6 Å². The SMILES string of the molecule is COc1cccc(NC(=O)c2ccc(Nc3cc(OC)ccc3OC)nn2)c1. The lowest BCUT2D eigenvalue weighted by Gasteiger charge is -2.12. The number of nitrogens with zero attached hydrogens (tertiary/aromatic N) is 2. The van der Waals surface area contributed by atoms with E-state index >= 15 is 0 Å². The molecular formula is C20H20N4O4. The Kier molecular flexibility index (Phi) is 5.91. The standard InChI is InChI=1S/C20H20N4O4/c1-26-14-6-4-5-13(11-14)21-20(25)16-8-10-19(24-23-16)22-17-12-15(27-2)7-9-18(17)28-3/h4-12H,1-3H3,(H,21,25)(H,22,24). The maximum atomic E-state index is 12.4. The van der Waals surface area contributed by atoms with E-state index in [2.05, 4.69) is 20.8 Å². The molecule has 28 heavy (non-hydrogen) atoms. The quantitative estimate of drug-likeness (QED) is 0.648. The Labute approximate surface area is 162 Å². The molecule has 0 saturated carbocycles. The van der Waals surface area contributed by atoms with Gasteiger partial charge in [-0.3, -0.25) is 4.79 Å². The largest absolute Gasteiger partial charge is 0.497 e. The summed E-state index contributed by atoms with van der Waals surface area (Å²) >= 11 is 0. The number of rotatable bonds is 7. The molecule has 0 spiro atoms. The van der Waals surface area contributed by atoms with Crippen LogP contribution in [0, 0.1) is 0 Å². The molecule has 8 heteroatoms. The van der Waals surface area contributed by atoms with Crippen molar-refractivity contribution < 1.29 is 19.0 Å². The number of nitrogens with one attached hydrogen (secondary N) is 2. The number of aromatic nitrogens is 2. The number of carbonyl (C=O) groups excluding carboxylic acids is 1. The predicted molar refractivity (Wildman–Crippen MR) is 106 cm³/mol. The molecule has 3 aromatic rings. The van der Waals surface area contributed by atoms with Crippen LogP contribution in [0.1, 0.15) is 10.5 Å². The Morgan fingerprint density at radius 3 is 2.32 bits per heavy atom. The maximum Gasteiger partial charge on any atom is 0.276 e. The van der Waals surface area contributed by atoms with Gasteiger partial charge in [0, 0.05) is 17.8 Å². The summed E-state index contributed by atoms with van der Waals surface area (Å²) in [7, 11) is 4.72. The lowest BCUT2D eigenvalue weighted by Crippen LogP contribution is -2.14. The number of methoxy groups -OCH3 is 3. The summed E-state index contributed by atoms with van der Waals surface area (Å²) in [5.74, 6) is 2.04. The molecule has 0 aliphatic carbocycles. The molecule has 2 N–H and O–H groups in total. The third kappa shape index (κ3) is 4.47. The van der Waals surface area contributed by atoms with Crippen molar-refractivity contribution >= 4 is 23.1 Å². The molecule has 0 aliphatic rings. The van der Waals surface area contributed by atoms with Crippen LogP contribution < -0.4 is 24.8 Å². The number of benzene rings is 2. The summed E-state index contributed by atoms with van der Waals surface area (Å²) in [6, 6.07) is 15.7. The maximum absolute atomic E-state index is 12.4. The highest BCUT2D eigenvalue weighted by Crippen LogP contribution is 2.30. The zero-order chi connectivity index (χ0) is 19.9. The van der Waals surface area contributed by atoms with E-state index in [1.54, 1.807) is 75.9 Å². The summed E-state index contributed by atoms with van der Waals surface area (Å²) in [5.41, 5.74) is 1.46. The summed E-state index contributed by atoms with van der Waals surface area (Å²) in [6.07, 6.45) is 0. The normalized spacial score (nSPS) is 10.1. The lowest BCUT2D eigenvalue weighted by molar-refractivity contribution is 0.102. The molecule has 0 bridgehead atoms. The second-order valence-electron chi connectivity index (χ2n) is 5.68. The van der Waals surface area contributed by atoms with Gasteiger partial charge < -0.3 is 24.8 Å². The first-order chi connectivity index (χ1) is 13.6. The van der Waals surface area contributed by atoms with E-state index in [-0.39, 0.29) is 11.6 Å². The number of amides is 1. The van der Waals surface area contributed by atoms with Gasteiger partial charge in [-0.05, 0) is 36.4 Å². The van der Waals surface area contributed by atoms with Crippen LogP contribution in [0.4, 0.5) is 17.2 Å². The van der Waals surface area contributed by atoms with Crippen molar-refractivity contribution in [1.82, 2.24) is 10.2 Å². The van der Waals surface area contributed by atoms with Gasteiger partial charge >= 0.3 is 0 Å². The van der Waals surface area contributed by atoms with E-state index in [4.69, 9.17) is 14.2 Å². The summed E-state index contributed by atoms with van der Waals surface area (Å²) in [6.45, 7) is 0. The molecule has 1 amide bonds. The van der Waals surface area contributed by atoms with Gasteiger partial charge in [0.15, 0.2) is 11.5 Å². The van der Waals surface area contributed by atoms with E-state index in [0.717, 1.165) is 0 Å². The van der Waals surface area contributed by atoms with Crippen LogP contribution in [-0.4, -0.2) is 37.4 Å². The molecule has 0 saturated heterocycles. The number of anilines is 3. The Balaban J connectivity index is 1.72. The first kappa shape index (κ1) is 19.0. The Hall–Kier alpha value is -3.81. The second kappa shape index (κ2) is 8.72. The average molecular weight is 380 g/mol. The molecule has 0 atom stereocenters. The molecule has 3 rings (SSSR count). The van der Waals surface area contributed by atoms with Crippen LogP contribution in [0.3, 0.4) is 0 Å². The molecule has 1 aromatic heterocycles. The van der Waals surface area contributed by atoms with Crippen molar-refractivity contribution in [3.8, 4) is 17.2 Å². The Bertz CT molecular complexity index is 961. The fourth-order valence-electron chi connectivity index (χ4n) is 2.47.